The number of nitrogen functional groups attached to an aromatic ring is 1. The van der Waals surface area contributed by atoms with Crippen LogP contribution in [0.4, 0.5) is 5.82 Å². The van der Waals surface area contributed by atoms with Crippen molar-refractivity contribution < 1.29 is 9.21 Å². The Balaban J connectivity index is 1.47. The topological polar surface area (TPSA) is 137 Å². The number of nitrogens with zero attached hydrogens (tertiary/aromatic N) is 3. The van der Waals surface area contributed by atoms with Crippen molar-refractivity contribution in [2.75, 3.05) is 11.5 Å². The summed E-state index contributed by atoms with van der Waals surface area (Å²) < 4.78 is 6.98. The van der Waals surface area contributed by atoms with Crippen LogP contribution in [0, 0.1) is 0 Å². The maximum atomic E-state index is 12.5. The van der Waals surface area contributed by atoms with Gasteiger partial charge in [0.05, 0.1) is 5.75 Å². The highest BCUT2D eigenvalue weighted by Gasteiger charge is 2.30. The summed E-state index contributed by atoms with van der Waals surface area (Å²) in [7, 11) is 0. The van der Waals surface area contributed by atoms with Crippen LogP contribution in [-0.2, 0) is 0 Å². The van der Waals surface area contributed by atoms with Gasteiger partial charge in [-0.3, -0.25) is 19.1 Å². The molecule has 0 unspecified atom stereocenters. The zero-order valence-electron chi connectivity index (χ0n) is 14.8. The third-order valence-corrected chi connectivity index (χ3v) is 5.89. The molecule has 2 heterocycles. The van der Waals surface area contributed by atoms with Gasteiger partial charge in [-0.25, -0.2) is 4.79 Å². The molecule has 2 saturated carbocycles. The third kappa shape index (κ3) is 3.71. The summed E-state index contributed by atoms with van der Waals surface area (Å²) in [5.41, 5.74) is 4.45. The molecule has 0 saturated heterocycles. The number of ketones is 1. The maximum absolute atomic E-state index is 12.5. The number of anilines is 1. The predicted octanol–water partition coefficient (Wildman–Crippen LogP) is 1.86. The number of nitrogens with one attached hydrogen (secondary N) is 1. The van der Waals surface area contributed by atoms with E-state index < -0.39 is 17.0 Å². The van der Waals surface area contributed by atoms with Crippen molar-refractivity contribution in [1.29, 1.82) is 0 Å². The summed E-state index contributed by atoms with van der Waals surface area (Å²) in [6, 6.07) is -0.0393. The number of H-pyrrole nitrogens is 1. The number of hydrogen-bond acceptors (Lipinski definition) is 8. The molecular formula is C17H21N5O4S. The summed E-state index contributed by atoms with van der Waals surface area (Å²) in [6.07, 6.45) is 7.26. The Morgan fingerprint density at radius 3 is 2.63 bits per heavy atom. The zero-order valence-corrected chi connectivity index (χ0v) is 15.6. The van der Waals surface area contributed by atoms with Crippen LogP contribution >= 0.6 is 11.8 Å². The van der Waals surface area contributed by atoms with E-state index in [0.717, 1.165) is 50.3 Å². The maximum Gasteiger partial charge on any atom is 0.330 e. The van der Waals surface area contributed by atoms with Crippen LogP contribution in [0.1, 0.15) is 73.2 Å². The Morgan fingerprint density at radius 1 is 1.19 bits per heavy atom. The van der Waals surface area contributed by atoms with Gasteiger partial charge in [0, 0.05) is 12.0 Å². The highest BCUT2D eigenvalue weighted by atomic mass is 32.2. The molecule has 0 aliphatic heterocycles. The van der Waals surface area contributed by atoms with Crippen molar-refractivity contribution in [3.8, 4) is 0 Å². The molecule has 9 nitrogen and oxygen atoms in total. The van der Waals surface area contributed by atoms with Gasteiger partial charge in [-0.05, 0) is 25.7 Å². The fourth-order valence-corrected chi connectivity index (χ4v) is 4.17. The lowest BCUT2D eigenvalue weighted by Crippen LogP contribution is -2.36. The molecular weight excluding hydrogens is 370 g/mol. The molecule has 10 heteroatoms. The van der Waals surface area contributed by atoms with Gasteiger partial charge in [0.25, 0.3) is 10.8 Å². The Bertz CT molecular complexity index is 968. The summed E-state index contributed by atoms with van der Waals surface area (Å²) in [5, 5.41) is 8.39. The second-order valence-electron chi connectivity index (χ2n) is 7.07. The third-order valence-electron chi connectivity index (χ3n) is 5.08. The van der Waals surface area contributed by atoms with E-state index in [0.29, 0.717) is 11.1 Å². The molecule has 0 radical (unpaired) electrons. The fourth-order valence-electron chi connectivity index (χ4n) is 3.52. The van der Waals surface area contributed by atoms with Gasteiger partial charge in [0.2, 0.25) is 5.89 Å². The van der Waals surface area contributed by atoms with Crippen LogP contribution in [0.3, 0.4) is 0 Å². The summed E-state index contributed by atoms with van der Waals surface area (Å²) in [5.74, 6) is 0.305. The van der Waals surface area contributed by atoms with E-state index in [1.807, 2.05) is 0 Å². The van der Waals surface area contributed by atoms with E-state index in [1.165, 1.54) is 11.0 Å². The summed E-state index contributed by atoms with van der Waals surface area (Å²) >= 11 is 1.07. The molecule has 0 amide bonds. The van der Waals surface area contributed by atoms with Gasteiger partial charge in [-0.15, -0.1) is 10.2 Å². The van der Waals surface area contributed by atoms with Crippen molar-refractivity contribution in [3.63, 3.8) is 0 Å². The van der Waals surface area contributed by atoms with E-state index in [-0.39, 0.29) is 29.1 Å². The van der Waals surface area contributed by atoms with Gasteiger partial charge < -0.3 is 10.2 Å². The minimum atomic E-state index is -0.756. The molecule has 144 valence electrons. The van der Waals surface area contributed by atoms with Crippen LogP contribution < -0.4 is 17.0 Å². The molecule has 4 rings (SSSR count). The van der Waals surface area contributed by atoms with E-state index in [4.69, 9.17) is 10.2 Å². The lowest BCUT2D eigenvalue weighted by molar-refractivity contribution is 0.102. The van der Waals surface area contributed by atoms with Gasteiger partial charge in [0.1, 0.15) is 11.4 Å². The van der Waals surface area contributed by atoms with E-state index in [9.17, 15) is 14.4 Å². The highest BCUT2D eigenvalue weighted by molar-refractivity contribution is 7.99. The molecule has 2 fully saturated rings. The number of Topliss-reactive ketones (excluding diaryl/α,β-unsaturated/α-hetero) is 1. The van der Waals surface area contributed by atoms with E-state index >= 15 is 0 Å². The van der Waals surface area contributed by atoms with Crippen molar-refractivity contribution in [1.82, 2.24) is 19.7 Å². The highest BCUT2D eigenvalue weighted by Crippen LogP contribution is 2.35. The first-order valence-electron chi connectivity index (χ1n) is 9.18. The smallest absolute Gasteiger partial charge is 0.330 e. The Morgan fingerprint density at radius 2 is 1.93 bits per heavy atom. The molecule has 0 spiro atoms. The second kappa shape index (κ2) is 7.34. The van der Waals surface area contributed by atoms with Gasteiger partial charge in [-0.1, -0.05) is 31.0 Å². The van der Waals surface area contributed by atoms with Gasteiger partial charge in [0.15, 0.2) is 5.78 Å². The average molecular weight is 391 g/mol. The number of rotatable bonds is 6. The van der Waals surface area contributed by atoms with Crippen molar-refractivity contribution >= 4 is 23.4 Å². The first-order chi connectivity index (χ1) is 13.0. The van der Waals surface area contributed by atoms with Crippen LogP contribution in [-0.4, -0.2) is 31.3 Å². The van der Waals surface area contributed by atoms with Crippen molar-refractivity contribution in [2.24, 2.45) is 0 Å². The zero-order chi connectivity index (χ0) is 19.0. The standard InChI is InChI=1S/C17H21N5O4S/c18-13-12(14(24)19-16(25)22(13)10-6-7-10)11(23)8-27-17-21-20-15(26-17)9-4-2-1-3-5-9/h9-10H,1-8,18H2,(H,19,24,25). The van der Waals surface area contributed by atoms with Crippen LogP contribution in [0.15, 0.2) is 19.2 Å². The number of thioether (sulfide) groups is 1. The van der Waals surface area contributed by atoms with Gasteiger partial charge in [-0.2, -0.15) is 0 Å². The van der Waals surface area contributed by atoms with Gasteiger partial charge >= 0.3 is 5.69 Å². The van der Waals surface area contributed by atoms with Crippen LogP contribution in [0.5, 0.6) is 0 Å². The van der Waals surface area contributed by atoms with Crippen LogP contribution in [0.25, 0.3) is 0 Å². The molecule has 0 bridgehead atoms. The number of hydrogen-bond donors (Lipinski definition) is 2. The molecule has 2 aromatic heterocycles. The quantitative estimate of drug-likeness (QED) is 0.562. The number of nitrogens with two attached hydrogens (primary N) is 1. The summed E-state index contributed by atoms with van der Waals surface area (Å²) in [4.78, 5) is 38.8. The predicted molar refractivity (Wildman–Crippen MR) is 99.2 cm³/mol. The SMILES string of the molecule is Nc1c(C(=O)CSc2nnc(C3CCCCC3)o2)c(=O)[nH]c(=O)n1C1CC1. The minimum Gasteiger partial charge on any atom is -0.416 e. The first-order valence-corrected chi connectivity index (χ1v) is 10.2. The Hall–Kier alpha value is -2.36. The molecule has 2 aliphatic rings. The van der Waals surface area contributed by atoms with E-state index in [2.05, 4.69) is 15.2 Å². The molecule has 0 aromatic carbocycles. The molecule has 3 N–H and O–H groups in total. The summed E-state index contributed by atoms with van der Waals surface area (Å²) in [6.45, 7) is 0. The van der Waals surface area contributed by atoms with E-state index in [1.54, 1.807) is 0 Å². The fraction of sp³-hybridized carbons (Fsp3) is 0.588. The largest absolute Gasteiger partial charge is 0.416 e. The molecule has 0 atom stereocenters. The molecule has 2 aliphatic carbocycles. The van der Waals surface area contributed by atoms with Crippen molar-refractivity contribution in [2.45, 2.75) is 62.1 Å². The number of carbonyl (C=O) groups excluding carboxylic acids is 1. The lowest BCUT2D eigenvalue weighted by atomic mass is 9.89. The number of aromatic nitrogens is 4. The lowest BCUT2D eigenvalue weighted by Gasteiger charge is -2.17. The molecule has 27 heavy (non-hydrogen) atoms. The normalized spacial score (nSPS) is 17.9. The van der Waals surface area contributed by atoms with Crippen molar-refractivity contribution in [3.05, 3.63) is 32.3 Å². The molecule has 2 aromatic rings. The first kappa shape index (κ1) is 18.0. The average Bonchev–Trinajstić information content (AvgIpc) is 3.36. The Labute approximate surface area is 158 Å². The monoisotopic (exact) mass is 391 g/mol. The number of aromatic amines is 1. The minimum absolute atomic E-state index is 0.0393. The Kier molecular flexibility index (Phi) is 4.90. The second-order valence-corrected chi connectivity index (χ2v) is 8.00. The van der Waals surface area contributed by atoms with Crippen LogP contribution in [0.2, 0.25) is 0 Å². The number of carbonyl (C=O) groups is 1.